The number of hydrogen-bond acceptors (Lipinski definition) is 5. The molecule has 1 aliphatic rings. The molecule has 2 N–H and O–H groups in total. The van der Waals surface area contributed by atoms with Crippen molar-refractivity contribution in [3.63, 3.8) is 0 Å². The Labute approximate surface area is 124 Å². The first-order valence-electron chi connectivity index (χ1n) is 7.41. The molecule has 7 heteroatoms. The molecule has 21 heavy (non-hydrogen) atoms. The maximum Gasteiger partial charge on any atom is 0.306 e. The number of amides is 1. The molecule has 120 valence electrons. The zero-order valence-electron chi connectivity index (χ0n) is 12.5. The van der Waals surface area contributed by atoms with Gasteiger partial charge in [0, 0.05) is 19.5 Å². The van der Waals surface area contributed by atoms with E-state index in [-0.39, 0.29) is 24.3 Å². The normalized spacial score (nSPS) is 15.8. The third kappa shape index (κ3) is 6.57. The number of carbonyl (C=O) groups excluding carboxylic acids is 2. The van der Waals surface area contributed by atoms with E-state index in [0.717, 1.165) is 0 Å². The summed E-state index contributed by atoms with van der Waals surface area (Å²) in [5.41, 5.74) is 0. The van der Waals surface area contributed by atoms with Gasteiger partial charge in [0.2, 0.25) is 5.91 Å². The molecule has 1 heterocycles. The first-order valence-corrected chi connectivity index (χ1v) is 7.41. The number of piperidine rings is 1. The molecule has 0 aliphatic carbocycles. The molecule has 0 atom stereocenters. The number of likely N-dealkylation sites (tertiary alicyclic amines) is 1. The Balaban J connectivity index is 2.09. The van der Waals surface area contributed by atoms with E-state index in [4.69, 9.17) is 9.84 Å². The number of carboxylic acids is 1. The lowest BCUT2D eigenvalue weighted by atomic mass is 9.97. The van der Waals surface area contributed by atoms with Crippen molar-refractivity contribution < 1.29 is 24.2 Å². The van der Waals surface area contributed by atoms with Crippen molar-refractivity contribution in [3.05, 3.63) is 0 Å². The van der Waals surface area contributed by atoms with Crippen molar-refractivity contribution in [2.24, 2.45) is 5.92 Å². The van der Waals surface area contributed by atoms with Crippen LogP contribution in [0.15, 0.2) is 0 Å². The molecular weight excluding hydrogens is 276 g/mol. The van der Waals surface area contributed by atoms with Crippen LogP contribution in [0.1, 0.15) is 32.6 Å². The molecule has 0 unspecified atom stereocenters. The molecule has 1 saturated heterocycles. The van der Waals surface area contributed by atoms with Gasteiger partial charge in [-0.15, -0.1) is 0 Å². The molecule has 0 saturated carbocycles. The Morgan fingerprint density at radius 3 is 2.52 bits per heavy atom. The van der Waals surface area contributed by atoms with Crippen LogP contribution >= 0.6 is 0 Å². The van der Waals surface area contributed by atoms with Crippen LogP contribution < -0.4 is 5.32 Å². The molecule has 0 aromatic heterocycles. The lowest BCUT2D eigenvalue weighted by Crippen LogP contribution is -2.44. The number of carboxylic acid groups (broad SMARTS) is 1. The standard InChI is InChI=1S/C14H24N2O5/c1-2-21-13(18)4-3-7-15-10-12(17)16-8-5-11(6-9-16)14(19)20/h11,15H,2-10H2,1H3,(H,19,20). The number of carbonyl (C=O) groups is 3. The Morgan fingerprint density at radius 1 is 1.29 bits per heavy atom. The smallest absolute Gasteiger partial charge is 0.306 e. The van der Waals surface area contributed by atoms with Crippen molar-refractivity contribution in [1.82, 2.24) is 10.2 Å². The van der Waals surface area contributed by atoms with Gasteiger partial charge in [-0.2, -0.15) is 0 Å². The monoisotopic (exact) mass is 300 g/mol. The minimum Gasteiger partial charge on any atom is -0.481 e. The summed E-state index contributed by atoms with van der Waals surface area (Å²) in [6.07, 6.45) is 2.01. The van der Waals surface area contributed by atoms with Crippen LogP contribution in [0, 0.1) is 5.92 Å². The van der Waals surface area contributed by atoms with E-state index in [2.05, 4.69) is 5.32 Å². The molecular formula is C14H24N2O5. The third-order valence-electron chi connectivity index (χ3n) is 3.51. The highest BCUT2D eigenvalue weighted by molar-refractivity contribution is 5.79. The minimum absolute atomic E-state index is 0.0185. The number of hydrogen-bond donors (Lipinski definition) is 2. The van der Waals surface area contributed by atoms with Crippen LogP contribution in [0.4, 0.5) is 0 Å². The van der Waals surface area contributed by atoms with Gasteiger partial charge in [0.25, 0.3) is 0 Å². The highest BCUT2D eigenvalue weighted by Gasteiger charge is 2.26. The van der Waals surface area contributed by atoms with Gasteiger partial charge in [0.05, 0.1) is 19.1 Å². The molecule has 1 rings (SSSR count). The molecule has 1 aliphatic heterocycles. The predicted molar refractivity (Wildman–Crippen MR) is 75.7 cm³/mol. The van der Waals surface area contributed by atoms with Gasteiger partial charge < -0.3 is 20.1 Å². The maximum absolute atomic E-state index is 11.9. The average molecular weight is 300 g/mol. The van der Waals surface area contributed by atoms with Crippen LogP contribution in [0.3, 0.4) is 0 Å². The Hall–Kier alpha value is -1.63. The fourth-order valence-electron chi connectivity index (χ4n) is 2.27. The molecule has 0 radical (unpaired) electrons. The van der Waals surface area contributed by atoms with E-state index in [1.807, 2.05) is 0 Å². The van der Waals surface area contributed by atoms with E-state index in [1.54, 1.807) is 11.8 Å². The van der Waals surface area contributed by atoms with Crippen molar-refractivity contribution in [1.29, 1.82) is 0 Å². The summed E-state index contributed by atoms with van der Waals surface area (Å²) < 4.78 is 4.80. The SMILES string of the molecule is CCOC(=O)CCCNCC(=O)N1CCC(C(=O)O)CC1. The number of rotatable bonds is 8. The van der Waals surface area contributed by atoms with E-state index in [0.29, 0.717) is 51.9 Å². The highest BCUT2D eigenvalue weighted by Crippen LogP contribution is 2.16. The van der Waals surface area contributed by atoms with Crippen LogP contribution in [-0.2, 0) is 19.1 Å². The van der Waals surface area contributed by atoms with Gasteiger partial charge in [0.15, 0.2) is 0 Å². The van der Waals surface area contributed by atoms with Gasteiger partial charge in [-0.25, -0.2) is 0 Å². The molecule has 1 amide bonds. The average Bonchev–Trinajstić information content (AvgIpc) is 2.47. The summed E-state index contributed by atoms with van der Waals surface area (Å²) in [6, 6.07) is 0. The van der Waals surface area contributed by atoms with Gasteiger partial charge in [-0.1, -0.05) is 0 Å². The van der Waals surface area contributed by atoms with Crippen molar-refractivity contribution in [2.45, 2.75) is 32.6 Å². The van der Waals surface area contributed by atoms with Crippen molar-refractivity contribution in [3.8, 4) is 0 Å². The Bertz CT molecular complexity index is 364. The molecule has 7 nitrogen and oxygen atoms in total. The van der Waals surface area contributed by atoms with E-state index >= 15 is 0 Å². The predicted octanol–water partition coefficient (Wildman–Crippen LogP) is 0.243. The largest absolute Gasteiger partial charge is 0.481 e. The topological polar surface area (TPSA) is 95.9 Å². The second kappa shape index (κ2) is 9.33. The minimum atomic E-state index is -0.779. The lowest BCUT2D eigenvalue weighted by molar-refractivity contribution is -0.145. The fourth-order valence-corrected chi connectivity index (χ4v) is 2.27. The summed E-state index contributed by atoms with van der Waals surface area (Å²) in [5.74, 6) is -1.35. The third-order valence-corrected chi connectivity index (χ3v) is 3.51. The van der Waals surface area contributed by atoms with Gasteiger partial charge in [-0.05, 0) is 32.7 Å². The van der Waals surface area contributed by atoms with Crippen LogP contribution in [-0.4, -0.2) is 60.6 Å². The number of esters is 1. The number of nitrogens with one attached hydrogen (secondary N) is 1. The second-order valence-corrected chi connectivity index (χ2v) is 5.08. The second-order valence-electron chi connectivity index (χ2n) is 5.08. The number of aliphatic carboxylic acids is 1. The van der Waals surface area contributed by atoms with Crippen molar-refractivity contribution >= 4 is 17.8 Å². The van der Waals surface area contributed by atoms with Crippen LogP contribution in [0.2, 0.25) is 0 Å². The summed E-state index contributed by atoms with van der Waals surface area (Å²) >= 11 is 0. The first kappa shape index (κ1) is 17.4. The molecule has 0 bridgehead atoms. The van der Waals surface area contributed by atoms with Gasteiger partial charge in [-0.3, -0.25) is 14.4 Å². The Kier molecular flexibility index (Phi) is 7.74. The number of ether oxygens (including phenoxy) is 1. The number of nitrogens with zero attached hydrogens (tertiary/aromatic N) is 1. The van der Waals surface area contributed by atoms with E-state index in [9.17, 15) is 14.4 Å². The van der Waals surface area contributed by atoms with Gasteiger partial charge >= 0.3 is 11.9 Å². The highest BCUT2D eigenvalue weighted by atomic mass is 16.5. The molecule has 1 fully saturated rings. The summed E-state index contributed by atoms with van der Waals surface area (Å²) in [6.45, 7) is 3.96. The van der Waals surface area contributed by atoms with Crippen LogP contribution in [0.25, 0.3) is 0 Å². The maximum atomic E-state index is 11.9. The Morgan fingerprint density at radius 2 is 1.95 bits per heavy atom. The quantitative estimate of drug-likeness (QED) is 0.492. The lowest BCUT2D eigenvalue weighted by Gasteiger charge is -2.30. The van der Waals surface area contributed by atoms with Crippen LogP contribution in [0.5, 0.6) is 0 Å². The van der Waals surface area contributed by atoms with E-state index < -0.39 is 5.97 Å². The first-order chi connectivity index (χ1) is 10.0. The van der Waals surface area contributed by atoms with E-state index in [1.165, 1.54) is 0 Å². The molecule has 0 aromatic rings. The zero-order valence-corrected chi connectivity index (χ0v) is 12.5. The summed E-state index contributed by atoms with van der Waals surface area (Å²) in [7, 11) is 0. The fraction of sp³-hybridized carbons (Fsp3) is 0.786. The molecule has 0 aromatic carbocycles. The molecule has 0 spiro atoms. The summed E-state index contributed by atoms with van der Waals surface area (Å²) in [4.78, 5) is 35.5. The van der Waals surface area contributed by atoms with Gasteiger partial charge in [0.1, 0.15) is 0 Å². The van der Waals surface area contributed by atoms with Crippen molar-refractivity contribution in [2.75, 3.05) is 32.8 Å². The zero-order chi connectivity index (χ0) is 15.7. The summed E-state index contributed by atoms with van der Waals surface area (Å²) in [5, 5.41) is 11.9.